The molecule has 0 aliphatic carbocycles. The highest BCUT2D eigenvalue weighted by Gasteiger charge is 2.37. The van der Waals surface area contributed by atoms with Gasteiger partial charge in [0.15, 0.2) is 0 Å². The third-order valence-electron chi connectivity index (χ3n) is 6.27. The molecule has 25 heavy (non-hydrogen) atoms. The first kappa shape index (κ1) is 18.7. The molecule has 3 aliphatic heterocycles. The molecule has 0 aromatic heterocycles. The van der Waals surface area contributed by atoms with Gasteiger partial charge >= 0.3 is 0 Å². The van der Waals surface area contributed by atoms with E-state index in [0.717, 1.165) is 31.4 Å². The van der Waals surface area contributed by atoms with Gasteiger partial charge < -0.3 is 10.2 Å². The van der Waals surface area contributed by atoms with Gasteiger partial charge in [-0.3, -0.25) is 4.79 Å². The first-order valence-electron chi connectivity index (χ1n) is 9.39. The number of hydrogen-bond donors (Lipinski definition) is 1. The Balaban J connectivity index is 0.00000182. The summed E-state index contributed by atoms with van der Waals surface area (Å²) in [7, 11) is 0. The number of piperidine rings is 1. The minimum absolute atomic E-state index is 0. The number of hydrogen-bond acceptors (Lipinski definition) is 2. The molecular formula is C20H28ClFN2O. The van der Waals surface area contributed by atoms with Crippen molar-refractivity contribution in [1.29, 1.82) is 0 Å². The number of halogens is 2. The number of likely N-dealkylation sites (tertiary alicyclic amines) is 1. The molecule has 3 fully saturated rings. The molecule has 3 heterocycles. The van der Waals surface area contributed by atoms with Crippen molar-refractivity contribution in [3.8, 4) is 0 Å². The van der Waals surface area contributed by atoms with Crippen LogP contribution in [0.4, 0.5) is 4.39 Å². The molecule has 3 aliphatic rings. The van der Waals surface area contributed by atoms with Crippen molar-refractivity contribution in [3.63, 3.8) is 0 Å². The Labute approximate surface area is 155 Å². The Morgan fingerprint density at radius 3 is 2.44 bits per heavy atom. The van der Waals surface area contributed by atoms with E-state index in [1.165, 1.54) is 25.0 Å². The predicted octanol–water partition coefficient (Wildman–Crippen LogP) is 3.87. The molecule has 0 saturated carbocycles. The third kappa shape index (κ3) is 4.01. The number of rotatable bonds is 3. The Morgan fingerprint density at radius 1 is 1.16 bits per heavy atom. The van der Waals surface area contributed by atoms with E-state index in [-0.39, 0.29) is 24.3 Å². The Hall–Kier alpha value is -1.13. The van der Waals surface area contributed by atoms with E-state index in [1.54, 1.807) is 0 Å². The molecule has 1 N–H and O–H groups in total. The Kier molecular flexibility index (Phi) is 5.69. The zero-order valence-corrected chi connectivity index (χ0v) is 15.6. The lowest BCUT2D eigenvalue weighted by Gasteiger charge is -2.31. The summed E-state index contributed by atoms with van der Waals surface area (Å²) in [5.41, 5.74) is 1.15. The molecular weight excluding hydrogens is 339 g/mol. The second kappa shape index (κ2) is 7.63. The SMILES string of the molecule is CC1CC(c2ccc(F)cc2)CN1C(=O)CC1CC2CCC(C1)N2.Cl. The van der Waals surface area contributed by atoms with E-state index < -0.39 is 0 Å². The van der Waals surface area contributed by atoms with E-state index in [2.05, 4.69) is 17.1 Å². The van der Waals surface area contributed by atoms with Crippen molar-refractivity contribution in [2.75, 3.05) is 6.54 Å². The van der Waals surface area contributed by atoms with E-state index in [0.29, 0.717) is 36.2 Å². The van der Waals surface area contributed by atoms with E-state index in [4.69, 9.17) is 0 Å². The van der Waals surface area contributed by atoms with Gasteiger partial charge in [0.05, 0.1) is 0 Å². The summed E-state index contributed by atoms with van der Waals surface area (Å²) in [5, 5.41) is 3.65. The fourth-order valence-corrected chi connectivity index (χ4v) is 5.06. The lowest BCUT2D eigenvalue weighted by molar-refractivity contribution is -0.133. The zero-order valence-electron chi connectivity index (χ0n) is 14.8. The van der Waals surface area contributed by atoms with Gasteiger partial charge in [0.2, 0.25) is 5.91 Å². The van der Waals surface area contributed by atoms with Crippen LogP contribution < -0.4 is 5.32 Å². The van der Waals surface area contributed by atoms with Gasteiger partial charge in [-0.15, -0.1) is 12.4 Å². The second-order valence-electron chi connectivity index (χ2n) is 8.06. The lowest BCUT2D eigenvalue weighted by atomic mass is 9.89. The molecule has 1 amide bonds. The summed E-state index contributed by atoms with van der Waals surface area (Å²) < 4.78 is 13.1. The predicted molar refractivity (Wildman–Crippen MR) is 99.5 cm³/mol. The molecule has 4 atom stereocenters. The number of carbonyl (C=O) groups is 1. The van der Waals surface area contributed by atoms with Crippen LogP contribution in [0, 0.1) is 11.7 Å². The normalized spacial score (nSPS) is 34.0. The first-order chi connectivity index (χ1) is 11.6. The number of carbonyl (C=O) groups excluding carboxylic acids is 1. The highest BCUT2D eigenvalue weighted by atomic mass is 35.5. The summed E-state index contributed by atoms with van der Waals surface area (Å²) in [6.45, 7) is 2.93. The van der Waals surface area contributed by atoms with Crippen LogP contribution in [0.1, 0.15) is 56.9 Å². The van der Waals surface area contributed by atoms with Crippen LogP contribution >= 0.6 is 12.4 Å². The summed E-state index contributed by atoms with van der Waals surface area (Å²) in [6, 6.07) is 8.35. The number of amides is 1. The largest absolute Gasteiger partial charge is 0.339 e. The van der Waals surface area contributed by atoms with Gasteiger partial charge in [-0.2, -0.15) is 0 Å². The van der Waals surface area contributed by atoms with Gasteiger partial charge in [-0.25, -0.2) is 4.39 Å². The summed E-state index contributed by atoms with van der Waals surface area (Å²) >= 11 is 0. The van der Waals surface area contributed by atoms with Crippen molar-refractivity contribution in [1.82, 2.24) is 10.2 Å². The lowest BCUT2D eigenvalue weighted by Crippen LogP contribution is -2.41. The van der Waals surface area contributed by atoms with Gasteiger partial charge in [0, 0.05) is 37.0 Å². The molecule has 1 aromatic rings. The number of fused-ring (bicyclic) bond motifs is 2. The molecule has 3 nitrogen and oxygen atoms in total. The summed E-state index contributed by atoms with van der Waals surface area (Å²) in [5.74, 6) is 1.01. The van der Waals surface area contributed by atoms with Crippen molar-refractivity contribution in [2.45, 2.75) is 69.5 Å². The standard InChI is InChI=1S/C20H27FN2O.ClH/c1-13-8-16(15-2-4-17(21)5-3-15)12-23(13)20(24)11-14-9-18-6-7-19(10-14)22-18;/h2-5,13-14,16,18-19,22H,6-12H2,1H3;1H. The molecule has 138 valence electrons. The molecule has 4 unspecified atom stereocenters. The first-order valence-corrected chi connectivity index (χ1v) is 9.39. The monoisotopic (exact) mass is 366 g/mol. The van der Waals surface area contributed by atoms with Crippen LogP contribution in [0.15, 0.2) is 24.3 Å². The van der Waals surface area contributed by atoms with Crippen LogP contribution in [0.3, 0.4) is 0 Å². The van der Waals surface area contributed by atoms with Crippen molar-refractivity contribution in [2.24, 2.45) is 5.92 Å². The highest BCUT2D eigenvalue weighted by Crippen LogP contribution is 2.36. The molecule has 2 bridgehead atoms. The maximum absolute atomic E-state index is 13.1. The minimum atomic E-state index is -0.196. The van der Waals surface area contributed by atoms with Crippen LogP contribution in [0.5, 0.6) is 0 Å². The molecule has 0 radical (unpaired) electrons. The number of nitrogens with zero attached hydrogens (tertiary/aromatic N) is 1. The number of benzene rings is 1. The molecule has 3 saturated heterocycles. The second-order valence-corrected chi connectivity index (χ2v) is 8.06. The average Bonchev–Trinajstić information content (AvgIpc) is 3.10. The zero-order chi connectivity index (χ0) is 16.7. The van der Waals surface area contributed by atoms with E-state index >= 15 is 0 Å². The van der Waals surface area contributed by atoms with Crippen LogP contribution in [0.25, 0.3) is 0 Å². The molecule has 5 heteroatoms. The van der Waals surface area contributed by atoms with Crippen molar-refractivity contribution >= 4 is 18.3 Å². The third-order valence-corrected chi connectivity index (χ3v) is 6.27. The maximum Gasteiger partial charge on any atom is 0.223 e. The van der Waals surface area contributed by atoms with Crippen LogP contribution in [0.2, 0.25) is 0 Å². The van der Waals surface area contributed by atoms with Gasteiger partial charge in [-0.05, 0) is 62.6 Å². The summed E-state index contributed by atoms with van der Waals surface area (Å²) in [4.78, 5) is 14.9. The van der Waals surface area contributed by atoms with Gasteiger partial charge in [0.1, 0.15) is 5.82 Å². The smallest absolute Gasteiger partial charge is 0.223 e. The van der Waals surface area contributed by atoms with Gasteiger partial charge in [-0.1, -0.05) is 12.1 Å². The van der Waals surface area contributed by atoms with Crippen molar-refractivity contribution < 1.29 is 9.18 Å². The Bertz CT molecular complexity index is 596. The topological polar surface area (TPSA) is 32.3 Å². The molecule has 4 rings (SSSR count). The van der Waals surface area contributed by atoms with Crippen LogP contribution in [-0.4, -0.2) is 35.5 Å². The molecule has 1 aromatic carbocycles. The maximum atomic E-state index is 13.1. The fourth-order valence-electron chi connectivity index (χ4n) is 5.06. The van der Waals surface area contributed by atoms with Crippen LogP contribution in [-0.2, 0) is 4.79 Å². The number of nitrogens with one attached hydrogen (secondary N) is 1. The average molecular weight is 367 g/mol. The van der Waals surface area contributed by atoms with Gasteiger partial charge in [0.25, 0.3) is 0 Å². The Morgan fingerprint density at radius 2 is 1.80 bits per heavy atom. The summed E-state index contributed by atoms with van der Waals surface area (Å²) in [6.07, 6.45) is 6.56. The quantitative estimate of drug-likeness (QED) is 0.880. The minimum Gasteiger partial charge on any atom is -0.339 e. The fraction of sp³-hybridized carbons (Fsp3) is 0.650. The van der Waals surface area contributed by atoms with Crippen molar-refractivity contribution in [3.05, 3.63) is 35.6 Å². The highest BCUT2D eigenvalue weighted by molar-refractivity contribution is 5.85. The molecule has 0 spiro atoms. The van der Waals surface area contributed by atoms with E-state index in [9.17, 15) is 9.18 Å². The van der Waals surface area contributed by atoms with E-state index in [1.807, 2.05) is 12.1 Å².